The summed E-state index contributed by atoms with van der Waals surface area (Å²) in [6.45, 7) is 3.89. The third kappa shape index (κ3) is 7.93. The van der Waals surface area contributed by atoms with Crippen LogP contribution in [-0.2, 0) is 9.53 Å². The Morgan fingerprint density at radius 2 is 1.54 bits per heavy atom. The summed E-state index contributed by atoms with van der Waals surface area (Å²) in [5.41, 5.74) is -0.699. The Balaban J connectivity index is 2.23. The van der Waals surface area contributed by atoms with Gasteiger partial charge in [-0.1, -0.05) is 57.9 Å². The van der Waals surface area contributed by atoms with Gasteiger partial charge in [-0.15, -0.1) is 0 Å². The predicted octanol–water partition coefficient (Wildman–Crippen LogP) is 4.77. The summed E-state index contributed by atoms with van der Waals surface area (Å²) in [6, 6.07) is 2.17. The molecule has 0 aliphatic carbocycles. The highest BCUT2D eigenvalue weighted by molar-refractivity contribution is 5.97. The molecular formula is C20H29F2NO3. The number of esters is 1. The minimum Gasteiger partial charge on any atom is -0.464 e. The number of nitrogens with one attached hydrogen (secondary N) is 1. The van der Waals surface area contributed by atoms with Crippen LogP contribution in [0.3, 0.4) is 0 Å². The van der Waals surface area contributed by atoms with Crippen LogP contribution in [0.5, 0.6) is 0 Å². The molecule has 1 aromatic carbocycles. The summed E-state index contributed by atoms with van der Waals surface area (Å²) in [6.07, 6.45) is 9.07. The molecule has 0 aliphatic heterocycles. The van der Waals surface area contributed by atoms with E-state index < -0.39 is 35.1 Å². The molecule has 1 aromatic rings. The Hall–Kier alpha value is -1.98. The van der Waals surface area contributed by atoms with Crippen LogP contribution in [0.2, 0.25) is 0 Å². The van der Waals surface area contributed by atoms with E-state index in [1.54, 1.807) is 0 Å². The van der Waals surface area contributed by atoms with Gasteiger partial charge in [0.25, 0.3) is 5.91 Å². The quantitative estimate of drug-likeness (QED) is 0.427. The molecule has 1 atom stereocenters. The average Bonchev–Trinajstić information content (AvgIpc) is 2.59. The lowest BCUT2D eigenvalue weighted by Gasteiger charge is -2.14. The zero-order valence-corrected chi connectivity index (χ0v) is 15.7. The van der Waals surface area contributed by atoms with Crippen LogP contribution < -0.4 is 5.32 Å². The highest BCUT2D eigenvalue weighted by Crippen LogP contribution is 2.12. The van der Waals surface area contributed by atoms with Gasteiger partial charge in [-0.3, -0.25) is 4.79 Å². The average molecular weight is 369 g/mol. The van der Waals surface area contributed by atoms with Crippen LogP contribution in [0.15, 0.2) is 18.2 Å². The topological polar surface area (TPSA) is 55.4 Å². The fourth-order valence-corrected chi connectivity index (χ4v) is 2.58. The Kier molecular flexibility index (Phi) is 10.5. The van der Waals surface area contributed by atoms with Crippen molar-refractivity contribution in [1.29, 1.82) is 0 Å². The van der Waals surface area contributed by atoms with Crippen molar-refractivity contribution >= 4 is 11.9 Å². The largest absolute Gasteiger partial charge is 0.464 e. The van der Waals surface area contributed by atoms with Crippen LogP contribution in [0, 0.1) is 11.6 Å². The minimum absolute atomic E-state index is 0.280. The maximum absolute atomic E-state index is 13.6. The molecule has 146 valence electrons. The minimum atomic E-state index is -0.976. The van der Waals surface area contributed by atoms with E-state index >= 15 is 0 Å². The van der Waals surface area contributed by atoms with Crippen molar-refractivity contribution in [2.45, 2.75) is 71.3 Å². The second kappa shape index (κ2) is 12.4. The first-order valence-electron chi connectivity index (χ1n) is 9.38. The Labute approximate surface area is 154 Å². The lowest BCUT2D eigenvalue weighted by atomic mass is 10.1. The number of unbranched alkanes of at least 4 members (excludes halogenated alkanes) is 7. The van der Waals surface area contributed by atoms with Gasteiger partial charge in [0.15, 0.2) is 0 Å². The molecule has 1 amide bonds. The van der Waals surface area contributed by atoms with Crippen molar-refractivity contribution in [3.05, 3.63) is 35.4 Å². The number of carbonyl (C=O) groups is 2. The van der Waals surface area contributed by atoms with Gasteiger partial charge in [-0.05, 0) is 25.5 Å². The number of amides is 1. The molecule has 1 N–H and O–H groups in total. The summed E-state index contributed by atoms with van der Waals surface area (Å²) >= 11 is 0. The van der Waals surface area contributed by atoms with E-state index in [-0.39, 0.29) is 6.61 Å². The van der Waals surface area contributed by atoms with Crippen LogP contribution in [-0.4, -0.2) is 24.5 Å². The Morgan fingerprint density at radius 3 is 2.12 bits per heavy atom. The van der Waals surface area contributed by atoms with E-state index in [2.05, 4.69) is 12.2 Å². The third-order valence-corrected chi connectivity index (χ3v) is 4.13. The van der Waals surface area contributed by atoms with Gasteiger partial charge in [0.1, 0.15) is 23.2 Å². The van der Waals surface area contributed by atoms with Gasteiger partial charge < -0.3 is 10.1 Å². The number of rotatable bonds is 12. The summed E-state index contributed by atoms with van der Waals surface area (Å²) in [5.74, 6) is -3.53. The number of hydrogen-bond donors (Lipinski definition) is 1. The van der Waals surface area contributed by atoms with Gasteiger partial charge in [-0.25, -0.2) is 13.6 Å². The molecule has 0 saturated heterocycles. The van der Waals surface area contributed by atoms with Crippen molar-refractivity contribution in [2.75, 3.05) is 6.61 Å². The molecule has 4 nitrogen and oxygen atoms in total. The first-order valence-corrected chi connectivity index (χ1v) is 9.38. The molecule has 26 heavy (non-hydrogen) atoms. The first-order chi connectivity index (χ1) is 12.5. The molecule has 0 radical (unpaired) electrons. The summed E-state index contributed by atoms with van der Waals surface area (Å²) in [5, 5.41) is 2.26. The monoisotopic (exact) mass is 369 g/mol. The molecule has 6 heteroatoms. The molecular weight excluding hydrogens is 340 g/mol. The fourth-order valence-electron chi connectivity index (χ4n) is 2.58. The van der Waals surface area contributed by atoms with Crippen molar-refractivity contribution in [2.24, 2.45) is 0 Å². The third-order valence-electron chi connectivity index (χ3n) is 4.13. The van der Waals surface area contributed by atoms with Crippen LogP contribution in [0.25, 0.3) is 0 Å². The molecule has 0 aliphatic rings. The van der Waals surface area contributed by atoms with Crippen LogP contribution in [0.4, 0.5) is 8.78 Å². The molecule has 0 heterocycles. The van der Waals surface area contributed by atoms with E-state index in [1.807, 2.05) is 0 Å². The molecule has 0 spiro atoms. The maximum atomic E-state index is 13.6. The lowest BCUT2D eigenvalue weighted by molar-refractivity contribution is -0.145. The van der Waals surface area contributed by atoms with Crippen LogP contribution in [0.1, 0.15) is 75.6 Å². The molecule has 0 bridgehead atoms. The Morgan fingerprint density at radius 1 is 1.00 bits per heavy atom. The summed E-state index contributed by atoms with van der Waals surface area (Å²) in [7, 11) is 0. The molecule has 0 unspecified atom stereocenters. The lowest BCUT2D eigenvalue weighted by Crippen LogP contribution is -2.40. The zero-order chi connectivity index (χ0) is 19.4. The van der Waals surface area contributed by atoms with Gasteiger partial charge in [-0.2, -0.15) is 0 Å². The number of ether oxygens (including phenoxy) is 1. The van der Waals surface area contributed by atoms with Gasteiger partial charge in [0.2, 0.25) is 0 Å². The second-order valence-corrected chi connectivity index (χ2v) is 6.43. The zero-order valence-electron chi connectivity index (χ0n) is 15.7. The van der Waals surface area contributed by atoms with Crippen molar-refractivity contribution in [1.82, 2.24) is 5.32 Å². The van der Waals surface area contributed by atoms with Crippen molar-refractivity contribution < 1.29 is 23.1 Å². The van der Waals surface area contributed by atoms with Crippen LogP contribution >= 0.6 is 0 Å². The SMILES string of the molecule is CCCCCCCCCCOC(=O)[C@H](C)NC(=O)c1c(F)cccc1F. The second-order valence-electron chi connectivity index (χ2n) is 6.43. The van der Waals surface area contributed by atoms with Crippen molar-refractivity contribution in [3.8, 4) is 0 Å². The van der Waals surface area contributed by atoms with E-state index in [4.69, 9.17) is 4.74 Å². The van der Waals surface area contributed by atoms with E-state index in [1.165, 1.54) is 45.1 Å². The smallest absolute Gasteiger partial charge is 0.328 e. The molecule has 0 aromatic heterocycles. The summed E-state index contributed by atoms with van der Waals surface area (Å²) in [4.78, 5) is 23.8. The standard InChI is InChI=1S/C20H29F2NO3/c1-3-4-5-6-7-8-9-10-14-26-20(25)15(2)23-19(24)18-16(21)12-11-13-17(18)22/h11-13,15H,3-10,14H2,1-2H3,(H,23,24)/t15-/m0/s1. The predicted molar refractivity (Wildman–Crippen MR) is 96.9 cm³/mol. The number of halogens is 2. The number of carbonyl (C=O) groups excluding carboxylic acids is 2. The molecule has 1 rings (SSSR count). The first kappa shape index (κ1) is 22.1. The highest BCUT2D eigenvalue weighted by atomic mass is 19.1. The van der Waals surface area contributed by atoms with E-state index in [9.17, 15) is 18.4 Å². The number of hydrogen-bond acceptors (Lipinski definition) is 3. The van der Waals surface area contributed by atoms with Crippen molar-refractivity contribution in [3.63, 3.8) is 0 Å². The van der Waals surface area contributed by atoms with E-state index in [0.29, 0.717) is 0 Å². The molecule has 0 fully saturated rings. The van der Waals surface area contributed by atoms with Gasteiger partial charge >= 0.3 is 5.97 Å². The maximum Gasteiger partial charge on any atom is 0.328 e. The normalized spacial score (nSPS) is 11.8. The molecule has 0 saturated carbocycles. The van der Waals surface area contributed by atoms with Gasteiger partial charge in [0, 0.05) is 0 Å². The number of benzene rings is 1. The highest BCUT2D eigenvalue weighted by Gasteiger charge is 2.22. The van der Waals surface area contributed by atoms with E-state index in [0.717, 1.165) is 31.4 Å². The van der Waals surface area contributed by atoms with Gasteiger partial charge in [0.05, 0.1) is 6.61 Å². The fraction of sp³-hybridized carbons (Fsp3) is 0.600. The Bertz CT molecular complexity index is 558. The summed E-state index contributed by atoms with van der Waals surface area (Å²) < 4.78 is 32.2.